The zero-order chi connectivity index (χ0) is 16.9. The van der Waals surface area contributed by atoms with E-state index >= 15 is 0 Å². The van der Waals surface area contributed by atoms with Crippen molar-refractivity contribution >= 4 is 5.57 Å². The van der Waals surface area contributed by atoms with Crippen LogP contribution in [0.4, 0.5) is 8.78 Å². The van der Waals surface area contributed by atoms with E-state index in [-0.39, 0.29) is 5.57 Å². The molecular weight excluding hydrogens is 308 g/mol. The van der Waals surface area contributed by atoms with Crippen molar-refractivity contribution in [1.82, 2.24) is 0 Å². The first-order chi connectivity index (χ1) is 11.6. The van der Waals surface area contributed by atoms with Crippen LogP contribution in [0, 0.1) is 17.2 Å². The summed E-state index contributed by atoms with van der Waals surface area (Å²) in [6.45, 7) is 1.57. The molecule has 1 heterocycles. The van der Waals surface area contributed by atoms with Crippen LogP contribution in [0.15, 0.2) is 66.3 Å². The maximum absolute atomic E-state index is 14.5. The molecule has 2 aromatic rings. The van der Waals surface area contributed by atoms with E-state index in [4.69, 9.17) is 4.74 Å². The van der Waals surface area contributed by atoms with Crippen LogP contribution < -0.4 is 4.74 Å². The van der Waals surface area contributed by atoms with Gasteiger partial charge in [0.15, 0.2) is 5.60 Å². The topological polar surface area (TPSA) is 33.0 Å². The Kier molecular flexibility index (Phi) is 3.07. The molecule has 0 radical (unpaired) electrons. The summed E-state index contributed by atoms with van der Waals surface area (Å²) in [6.07, 6.45) is 0.790. The standard InChI is InChI=1S/C20H13F2NO/c1-20-15(11-23)16(21)10-17(22)18(20)14-9-5-8-13(19(14)24-20)12-6-3-2-4-7-12/h2-10,15H,1H3. The fourth-order valence-electron chi connectivity index (χ4n) is 3.51. The first-order valence-corrected chi connectivity index (χ1v) is 7.61. The average Bonchev–Trinajstić information content (AvgIpc) is 2.88. The van der Waals surface area contributed by atoms with Gasteiger partial charge in [0.2, 0.25) is 0 Å². The summed E-state index contributed by atoms with van der Waals surface area (Å²) in [4.78, 5) is 0. The molecule has 4 heteroatoms. The molecule has 0 bridgehead atoms. The van der Waals surface area contributed by atoms with Gasteiger partial charge in [0, 0.05) is 22.8 Å². The number of halogens is 2. The molecule has 2 atom stereocenters. The molecule has 0 spiro atoms. The number of hydrogen-bond donors (Lipinski definition) is 0. The molecule has 118 valence electrons. The number of hydrogen-bond acceptors (Lipinski definition) is 2. The summed E-state index contributed by atoms with van der Waals surface area (Å²) in [6, 6.07) is 16.9. The Morgan fingerprint density at radius 1 is 1.04 bits per heavy atom. The number of ether oxygens (including phenoxy) is 1. The second-order valence-corrected chi connectivity index (χ2v) is 6.07. The zero-order valence-corrected chi connectivity index (χ0v) is 12.9. The monoisotopic (exact) mass is 321 g/mol. The molecule has 2 aliphatic rings. The minimum Gasteiger partial charge on any atom is -0.480 e. The molecule has 0 N–H and O–H groups in total. The third-order valence-corrected chi connectivity index (χ3v) is 4.64. The van der Waals surface area contributed by atoms with Gasteiger partial charge < -0.3 is 4.74 Å². The van der Waals surface area contributed by atoms with Crippen molar-refractivity contribution in [2.45, 2.75) is 12.5 Å². The lowest BCUT2D eigenvalue weighted by molar-refractivity contribution is 0.124. The maximum atomic E-state index is 14.5. The van der Waals surface area contributed by atoms with Crippen LogP contribution in [-0.2, 0) is 0 Å². The van der Waals surface area contributed by atoms with Gasteiger partial charge in [-0.15, -0.1) is 0 Å². The molecule has 2 nitrogen and oxygen atoms in total. The van der Waals surface area contributed by atoms with Crippen molar-refractivity contribution in [3.63, 3.8) is 0 Å². The van der Waals surface area contributed by atoms with Crippen molar-refractivity contribution in [3.8, 4) is 22.9 Å². The highest BCUT2D eigenvalue weighted by atomic mass is 19.1. The van der Waals surface area contributed by atoms with Crippen LogP contribution in [0.1, 0.15) is 12.5 Å². The van der Waals surface area contributed by atoms with E-state index in [0.29, 0.717) is 11.3 Å². The molecule has 0 aromatic heterocycles. The van der Waals surface area contributed by atoms with Crippen molar-refractivity contribution in [2.75, 3.05) is 0 Å². The lowest BCUT2D eigenvalue weighted by Gasteiger charge is -2.32. The Morgan fingerprint density at radius 3 is 2.46 bits per heavy atom. The van der Waals surface area contributed by atoms with Gasteiger partial charge in [0.1, 0.15) is 23.3 Å². The fourth-order valence-corrected chi connectivity index (χ4v) is 3.51. The molecular formula is C20H13F2NO. The molecule has 0 fully saturated rings. The molecule has 1 aliphatic heterocycles. The highest BCUT2D eigenvalue weighted by Crippen LogP contribution is 2.56. The molecule has 4 rings (SSSR count). The normalized spacial score (nSPS) is 24.6. The van der Waals surface area contributed by atoms with Crippen LogP contribution in [0.2, 0.25) is 0 Å². The van der Waals surface area contributed by atoms with Crippen molar-refractivity contribution in [1.29, 1.82) is 5.26 Å². The third-order valence-electron chi connectivity index (χ3n) is 4.64. The summed E-state index contributed by atoms with van der Waals surface area (Å²) in [5, 5.41) is 9.37. The van der Waals surface area contributed by atoms with Gasteiger partial charge in [0.05, 0.1) is 6.07 Å². The van der Waals surface area contributed by atoms with Crippen LogP contribution in [0.5, 0.6) is 5.75 Å². The molecule has 2 unspecified atom stereocenters. The van der Waals surface area contributed by atoms with Crippen LogP contribution in [-0.4, -0.2) is 5.60 Å². The third kappa shape index (κ3) is 1.85. The summed E-state index contributed by atoms with van der Waals surface area (Å²) in [7, 11) is 0. The minimum absolute atomic E-state index is 0.239. The van der Waals surface area contributed by atoms with E-state index < -0.39 is 23.2 Å². The van der Waals surface area contributed by atoms with Gasteiger partial charge in [0.25, 0.3) is 0 Å². The van der Waals surface area contributed by atoms with Gasteiger partial charge in [-0.25, -0.2) is 8.78 Å². The maximum Gasteiger partial charge on any atom is 0.157 e. The first kappa shape index (κ1) is 14.6. The second-order valence-electron chi connectivity index (χ2n) is 6.07. The van der Waals surface area contributed by atoms with Crippen LogP contribution in [0.25, 0.3) is 16.7 Å². The Morgan fingerprint density at radius 2 is 1.75 bits per heavy atom. The zero-order valence-electron chi connectivity index (χ0n) is 12.9. The first-order valence-electron chi connectivity index (χ1n) is 7.61. The number of benzene rings is 2. The van der Waals surface area contributed by atoms with Crippen molar-refractivity contribution in [3.05, 3.63) is 71.8 Å². The van der Waals surface area contributed by atoms with Gasteiger partial charge >= 0.3 is 0 Å². The van der Waals surface area contributed by atoms with E-state index in [0.717, 1.165) is 17.2 Å². The average molecular weight is 321 g/mol. The molecule has 0 amide bonds. The second kappa shape index (κ2) is 5.04. The Hall–Kier alpha value is -2.93. The summed E-state index contributed by atoms with van der Waals surface area (Å²) in [5.74, 6) is -2.19. The Balaban J connectivity index is 1.98. The fraction of sp³-hybridized carbons (Fsp3) is 0.150. The van der Waals surface area contributed by atoms with Gasteiger partial charge in [-0.2, -0.15) is 5.26 Å². The highest BCUT2D eigenvalue weighted by molar-refractivity contribution is 5.90. The lowest BCUT2D eigenvalue weighted by Crippen LogP contribution is -2.40. The smallest absolute Gasteiger partial charge is 0.157 e. The lowest BCUT2D eigenvalue weighted by atomic mass is 9.77. The highest BCUT2D eigenvalue weighted by Gasteiger charge is 2.53. The number of fused-ring (bicyclic) bond motifs is 3. The number of allylic oxidation sites excluding steroid dienone is 2. The van der Waals surface area contributed by atoms with Gasteiger partial charge in [-0.1, -0.05) is 48.5 Å². The van der Waals surface area contributed by atoms with E-state index in [1.54, 1.807) is 13.0 Å². The molecule has 24 heavy (non-hydrogen) atoms. The summed E-state index contributed by atoms with van der Waals surface area (Å²) < 4.78 is 34.7. The van der Waals surface area contributed by atoms with Crippen LogP contribution in [0.3, 0.4) is 0 Å². The van der Waals surface area contributed by atoms with E-state index in [1.165, 1.54) is 0 Å². The summed E-state index contributed by atoms with van der Waals surface area (Å²) in [5.41, 5.74) is 1.15. The number of para-hydroxylation sites is 1. The number of nitriles is 1. The van der Waals surface area contributed by atoms with Crippen LogP contribution >= 0.6 is 0 Å². The summed E-state index contributed by atoms with van der Waals surface area (Å²) >= 11 is 0. The molecule has 2 aromatic carbocycles. The molecule has 1 aliphatic carbocycles. The van der Waals surface area contributed by atoms with Gasteiger partial charge in [-0.05, 0) is 12.5 Å². The SMILES string of the molecule is CC12Oc3c(cccc3-c3ccccc3)C1=C(F)C=C(F)C2C#N. The van der Waals surface area contributed by atoms with E-state index in [9.17, 15) is 14.0 Å². The van der Waals surface area contributed by atoms with E-state index in [2.05, 4.69) is 0 Å². The quantitative estimate of drug-likeness (QED) is 0.724. The largest absolute Gasteiger partial charge is 0.480 e. The Labute approximate surface area is 138 Å². The van der Waals surface area contributed by atoms with E-state index in [1.807, 2.05) is 48.5 Å². The predicted octanol–water partition coefficient (Wildman–Crippen LogP) is 5.19. The van der Waals surface area contributed by atoms with Gasteiger partial charge in [-0.3, -0.25) is 0 Å². The Bertz CT molecular complexity index is 940. The number of nitrogens with zero attached hydrogens (tertiary/aromatic N) is 1. The number of rotatable bonds is 1. The van der Waals surface area contributed by atoms with Crippen molar-refractivity contribution in [2.24, 2.45) is 5.92 Å². The predicted molar refractivity (Wildman–Crippen MR) is 87.2 cm³/mol. The minimum atomic E-state index is -1.37. The van der Waals surface area contributed by atoms with Crippen molar-refractivity contribution < 1.29 is 13.5 Å². The molecule has 0 saturated heterocycles. The molecule has 0 saturated carbocycles.